The lowest BCUT2D eigenvalue weighted by Gasteiger charge is -2.38. The van der Waals surface area contributed by atoms with Gasteiger partial charge in [-0.25, -0.2) is 0 Å². The predicted octanol–water partition coefficient (Wildman–Crippen LogP) is 3.78. The minimum atomic E-state index is 0.771. The average Bonchev–Trinajstić information content (AvgIpc) is 2.28. The average molecular weight is 274 g/mol. The minimum Gasteiger partial charge on any atom is -0.313 e. The quantitative estimate of drug-likeness (QED) is 0.791. The molecule has 100 valence electrons. The van der Waals surface area contributed by atoms with E-state index in [1.165, 1.54) is 50.2 Å². The SMILES string of the molecule is CCCNC(CC1CCC1)C1SCCSC1C. The van der Waals surface area contributed by atoms with E-state index in [-0.39, 0.29) is 0 Å². The molecule has 1 aliphatic carbocycles. The number of thioether (sulfide) groups is 2. The third kappa shape index (κ3) is 4.07. The topological polar surface area (TPSA) is 12.0 Å². The van der Waals surface area contributed by atoms with E-state index in [9.17, 15) is 0 Å². The van der Waals surface area contributed by atoms with Crippen LogP contribution < -0.4 is 5.32 Å². The van der Waals surface area contributed by atoms with Gasteiger partial charge < -0.3 is 5.32 Å². The Labute approximate surface area is 115 Å². The number of rotatable bonds is 6. The summed E-state index contributed by atoms with van der Waals surface area (Å²) in [6.45, 7) is 5.91. The van der Waals surface area contributed by atoms with Crippen LogP contribution in [0, 0.1) is 5.92 Å². The molecule has 1 heterocycles. The third-order valence-corrected chi connectivity index (χ3v) is 7.35. The first-order valence-electron chi connectivity index (χ1n) is 7.28. The van der Waals surface area contributed by atoms with Crippen molar-refractivity contribution in [1.82, 2.24) is 5.32 Å². The highest BCUT2D eigenvalue weighted by molar-refractivity contribution is 8.07. The van der Waals surface area contributed by atoms with Crippen molar-refractivity contribution in [3.63, 3.8) is 0 Å². The summed E-state index contributed by atoms with van der Waals surface area (Å²) in [6.07, 6.45) is 7.16. The molecule has 0 aromatic rings. The van der Waals surface area contributed by atoms with Crippen molar-refractivity contribution in [3.8, 4) is 0 Å². The molecule has 0 bridgehead atoms. The Morgan fingerprint density at radius 1 is 1.24 bits per heavy atom. The van der Waals surface area contributed by atoms with Gasteiger partial charge in [0.15, 0.2) is 0 Å². The Hall–Kier alpha value is 0.660. The monoisotopic (exact) mass is 273 g/mol. The summed E-state index contributed by atoms with van der Waals surface area (Å²) in [5, 5.41) is 5.52. The molecule has 17 heavy (non-hydrogen) atoms. The van der Waals surface area contributed by atoms with E-state index >= 15 is 0 Å². The van der Waals surface area contributed by atoms with Crippen molar-refractivity contribution in [1.29, 1.82) is 0 Å². The van der Waals surface area contributed by atoms with Gasteiger partial charge in [-0.15, -0.1) is 0 Å². The highest BCUT2D eigenvalue weighted by atomic mass is 32.2. The van der Waals surface area contributed by atoms with Crippen molar-refractivity contribution in [2.45, 2.75) is 62.5 Å². The Kier molecular flexibility index (Phi) is 6.04. The molecule has 3 heteroatoms. The van der Waals surface area contributed by atoms with Crippen molar-refractivity contribution in [3.05, 3.63) is 0 Å². The van der Waals surface area contributed by atoms with Crippen LogP contribution in [-0.2, 0) is 0 Å². The highest BCUT2D eigenvalue weighted by Gasteiger charge is 2.32. The van der Waals surface area contributed by atoms with Crippen molar-refractivity contribution in [2.75, 3.05) is 18.1 Å². The fraction of sp³-hybridized carbons (Fsp3) is 1.00. The maximum Gasteiger partial charge on any atom is 0.0317 e. The van der Waals surface area contributed by atoms with Crippen molar-refractivity contribution in [2.24, 2.45) is 5.92 Å². The first-order chi connectivity index (χ1) is 8.31. The molecule has 0 aromatic carbocycles. The summed E-state index contributed by atoms with van der Waals surface area (Å²) in [7, 11) is 0. The number of nitrogens with one attached hydrogen (secondary N) is 1. The molecule has 0 aromatic heterocycles. The molecule has 2 rings (SSSR count). The molecule has 1 saturated carbocycles. The summed E-state index contributed by atoms with van der Waals surface area (Å²) in [5.74, 6) is 3.74. The van der Waals surface area contributed by atoms with Crippen molar-refractivity contribution < 1.29 is 0 Å². The summed E-state index contributed by atoms with van der Waals surface area (Å²) < 4.78 is 0. The van der Waals surface area contributed by atoms with E-state index in [1.807, 2.05) is 0 Å². The molecule has 1 saturated heterocycles. The van der Waals surface area contributed by atoms with Crippen LogP contribution in [0.4, 0.5) is 0 Å². The summed E-state index contributed by atoms with van der Waals surface area (Å²) in [5.41, 5.74) is 0. The molecule has 2 fully saturated rings. The van der Waals surface area contributed by atoms with Crippen LogP contribution in [0.25, 0.3) is 0 Å². The van der Waals surface area contributed by atoms with E-state index < -0.39 is 0 Å². The predicted molar refractivity (Wildman–Crippen MR) is 82.2 cm³/mol. The second-order valence-electron chi connectivity index (χ2n) is 5.50. The van der Waals surface area contributed by atoms with Crippen LogP contribution >= 0.6 is 23.5 Å². The van der Waals surface area contributed by atoms with Gasteiger partial charge in [-0.2, -0.15) is 23.5 Å². The molecule has 0 amide bonds. The van der Waals surface area contributed by atoms with E-state index in [1.54, 1.807) is 0 Å². The minimum absolute atomic E-state index is 0.771. The van der Waals surface area contributed by atoms with E-state index in [0.717, 1.165) is 22.5 Å². The molecule has 1 aliphatic heterocycles. The molecular formula is C14H27NS2. The van der Waals surface area contributed by atoms with Crippen LogP contribution in [0.3, 0.4) is 0 Å². The van der Waals surface area contributed by atoms with Gasteiger partial charge in [-0.1, -0.05) is 33.1 Å². The van der Waals surface area contributed by atoms with E-state index in [2.05, 4.69) is 42.7 Å². The molecule has 3 atom stereocenters. The van der Waals surface area contributed by atoms with Gasteiger partial charge >= 0.3 is 0 Å². The number of hydrogen-bond acceptors (Lipinski definition) is 3. The molecular weight excluding hydrogens is 246 g/mol. The molecule has 1 N–H and O–H groups in total. The Morgan fingerprint density at radius 2 is 2.00 bits per heavy atom. The fourth-order valence-electron chi connectivity index (χ4n) is 2.84. The fourth-order valence-corrected chi connectivity index (χ4v) is 5.82. The van der Waals surface area contributed by atoms with Crippen molar-refractivity contribution >= 4 is 23.5 Å². The van der Waals surface area contributed by atoms with Crippen LogP contribution in [0.1, 0.15) is 46.0 Å². The summed E-state index contributed by atoms with van der Waals surface area (Å²) in [6, 6.07) is 0.771. The van der Waals surface area contributed by atoms with Gasteiger partial charge in [0.1, 0.15) is 0 Å². The first kappa shape index (κ1) is 14.1. The first-order valence-corrected chi connectivity index (χ1v) is 9.37. The van der Waals surface area contributed by atoms with Crippen LogP contribution in [0.15, 0.2) is 0 Å². The molecule has 3 unspecified atom stereocenters. The van der Waals surface area contributed by atoms with E-state index in [4.69, 9.17) is 0 Å². The molecule has 1 nitrogen and oxygen atoms in total. The third-order valence-electron chi connectivity index (χ3n) is 4.10. The van der Waals surface area contributed by atoms with Gasteiger partial charge in [0.25, 0.3) is 0 Å². The molecule has 2 aliphatic rings. The zero-order valence-corrected chi connectivity index (χ0v) is 12.9. The summed E-state index contributed by atoms with van der Waals surface area (Å²) >= 11 is 4.40. The van der Waals surface area contributed by atoms with Gasteiger partial charge in [-0.05, 0) is 25.3 Å². The van der Waals surface area contributed by atoms with Gasteiger partial charge in [0, 0.05) is 28.0 Å². The Morgan fingerprint density at radius 3 is 2.59 bits per heavy atom. The van der Waals surface area contributed by atoms with Crippen LogP contribution in [-0.4, -0.2) is 34.6 Å². The van der Waals surface area contributed by atoms with Gasteiger partial charge in [0.2, 0.25) is 0 Å². The zero-order chi connectivity index (χ0) is 12.1. The Bertz CT molecular complexity index is 218. The van der Waals surface area contributed by atoms with E-state index in [0.29, 0.717) is 0 Å². The smallest absolute Gasteiger partial charge is 0.0317 e. The maximum absolute atomic E-state index is 3.83. The molecule has 0 spiro atoms. The summed E-state index contributed by atoms with van der Waals surface area (Å²) in [4.78, 5) is 0. The van der Waals surface area contributed by atoms with Crippen LogP contribution in [0.2, 0.25) is 0 Å². The zero-order valence-electron chi connectivity index (χ0n) is 11.3. The second kappa shape index (κ2) is 7.30. The standard InChI is InChI=1S/C14H27NS2/c1-3-7-15-13(10-12-5-4-6-12)14-11(2)16-8-9-17-14/h11-15H,3-10H2,1-2H3. The lowest BCUT2D eigenvalue weighted by molar-refractivity contribution is 0.257. The van der Waals surface area contributed by atoms with Gasteiger partial charge in [-0.3, -0.25) is 0 Å². The maximum atomic E-state index is 3.83. The van der Waals surface area contributed by atoms with Crippen LogP contribution in [0.5, 0.6) is 0 Å². The highest BCUT2D eigenvalue weighted by Crippen LogP contribution is 2.38. The lowest BCUT2D eigenvalue weighted by atomic mass is 9.80. The lowest BCUT2D eigenvalue weighted by Crippen LogP contribution is -2.46. The molecule has 0 radical (unpaired) electrons. The second-order valence-corrected chi connectivity index (χ2v) is 8.28. The normalized spacial score (nSPS) is 32.1. The largest absolute Gasteiger partial charge is 0.313 e. The Balaban J connectivity index is 1.86. The van der Waals surface area contributed by atoms with Gasteiger partial charge in [0.05, 0.1) is 0 Å². The number of hydrogen-bond donors (Lipinski definition) is 1.